The average Bonchev–Trinajstić information content (AvgIpc) is 3.27. The lowest BCUT2D eigenvalue weighted by Crippen LogP contribution is -2.28. The summed E-state index contributed by atoms with van der Waals surface area (Å²) in [6.45, 7) is 0.323. The van der Waals surface area contributed by atoms with Crippen molar-refractivity contribution in [2.75, 3.05) is 12.8 Å². The minimum absolute atomic E-state index is 0.0480. The van der Waals surface area contributed by atoms with E-state index >= 15 is 0 Å². The monoisotopic (exact) mass is 359 g/mol. The molecule has 24 heavy (non-hydrogen) atoms. The van der Waals surface area contributed by atoms with E-state index in [1.165, 1.54) is 5.56 Å². The number of aromatic nitrogens is 2. The van der Waals surface area contributed by atoms with Gasteiger partial charge in [0.2, 0.25) is 17.6 Å². The third kappa shape index (κ3) is 4.46. The summed E-state index contributed by atoms with van der Waals surface area (Å²) in [4.78, 5) is 19.1. The summed E-state index contributed by atoms with van der Waals surface area (Å²) in [5.41, 5.74) is 1.22. The van der Waals surface area contributed by atoms with Crippen molar-refractivity contribution in [2.24, 2.45) is 0 Å². The molecular weight excluding hydrogens is 342 g/mol. The van der Waals surface area contributed by atoms with Crippen LogP contribution in [0.4, 0.5) is 0 Å². The highest BCUT2D eigenvalue weighted by Crippen LogP contribution is 2.21. The van der Waals surface area contributed by atoms with Gasteiger partial charge in [0.25, 0.3) is 0 Å². The lowest BCUT2D eigenvalue weighted by atomic mass is 10.2. The number of hydrogen-bond donors (Lipinski definition) is 0. The zero-order valence-electron chi connectivity index (χ0n) is 13.2. The first-order valence-corrected chi connectivity index (χ1v) is 9.48. The number of nitrogens with zero attached hydrogens (tertiary/aromatic N) is 3. The van der Waals surface area contributed by atoms with Crippen molar-refractivity contribution in [1.29, 1.82) is 0 Å². The molecule has 7 heteroatoms. The largest absolute Gasteiger partial charge is 0.337 e. The van der Waals surface area contributed by atoms with Crippen molar-refractivity contribution in [2.45, 2.75) is 12.3 Å². The molecule has 2 heterocycles. The third-order valence-corrected chi connectivity index (χ3v) is 5.20. The quantitative estimate of drug-likeness (QED) is 0.644. The van der Waals surface area contributed by atoms with E-state index in [4.69, 9.17) is 4.52 Å². The number of amides is 1. The molecule has 1 aromatic carbocycles. The van der Waals surface area contributed by atoms with Gasteiger partial charge in [0.1, 0.15) is 0 Å². The van der Waals surface area contributed by atoms with Gasteiger partial charge in [-0.3, -0.25) is 4.79 Å². The number of thioether (sulfide) groups is 1. The van der Waals surface area contributed by atoms with E-state index in [0.29, 0.717) is 24.0 Å². The van der Waals surface area contributed by atoms with Gasteiger partial charge in [-0.15, -0.1) is 23.1 Å². The number of carbonyl (C=O) groups is 1. The van der Waals surface area contributed by atoms with Crippen LogP contribution in [0.3, 0.4) is 0 Å². The second-order valence-corrected chi connectivity index (χ2v) is 7.15. The lowest BCUT2D eigenvalue weighted by molar-refractivity contribution is -0.127. The fourth-order valence-corrected chi connectivity index (χ4v) is 3.63. The van der Waals surface area contributed by atoms with Crippen LogP contribution in [-0.4, -0.2) is 33.7 Å². The summed E-state index contributed by atoms with van der Waals surface area (Å²) in [5.74, 6) is 2.31. The van der Waals surface area contributed by atoms with Crippen LogP contribution in [-0.2, 0) is 17.1 Å². The number of thiophene rings is 1. The molecule has 0 radical (unpaired) electrons. The maximum absolute atomic E-state index is 12.2. The molecule has 3 rings (SSSR count). The Morgan fingerprint density at radius 2 is 2.08 bits per heavy atom. The highest BCUT2D eigenvalue weighted by molar-refractivity contribution is 7.99. The van der Waals surface area contributed by atoms with Gasteiger partial charge in [0.05, 0.1) is 17.2 Å². The fourth-order valence-electron chi connectivity index (χ4n) is 2.06. The summed E-state index contributed by atoms with van der Waals surface area (Å²) in [7, 11) is 1.75. The molecule has 0 saturated carbocycles. The number of carbonyl (C=O) groups excluding carboxylic acids is 1. The Bertz CT molecular complexity index is 772. The highest BCUT2D eigenvalue weighted by atomic mass is 32.2. The summed E-state index contributed by atoms with van der Waals surface area (Å²) < 4.78 is 5.23. The topological polar surface area (TPSA) is 59.2 Å². The van der Waals surface area contributed by atoms with Crippen LogP contribution in [0.1, 0.15) is 11.5 Å². The van der Waals surface area contributed by atoms with Gasteiger partial charge in [-0.1, -0.05) is 41.6 Å². The summed E-state index contributed by atoms with van der Waals surface area (Å²) in [6.07, 6.45) is 0. The van der Waals surface area contributed by atoms with E-state index in [1.54, 1.807) is 35.0 Å². The zero-order chi connectivity index (χ0) is 16.8. The summed E-state index contributed by atoms with van der Waals surface area (Å²) in [6, 6.07) is 14.0. The molecule has 0 bridgehead atoms. The van der Waals surface area contributed by atoms with Crippen molar-refractivity contribution in [1.82, 2.24) is 15.0 Å². The molecule has 5 nitrogen and oxygen atoms in total. The molecule has 0 fully saturated rings. The van der Waals surface area contributed by atoms with Gasteiger partial charge in [0.15, 0.2) is 0 Å². The molecule has 3 aromatic rings. The second-order valence-electron chi connectivity index (χ2n) is 5.22. The van der Waals surface area contributed by atoms with Gasteiger partial charge >= 0.3 is 0 Å². The van der Waals surface area contributed by atoms with Crippen molar-refractivity contribution in [3.63, 3.8) is 0 Å². The van der Waals surface area contributed by atoms with Gasteiger partial charge < -0.3 is 9.42 Å². The molecule has 0 aliphatic heterocycles. The van der Waals surface area contributed by atoms with E-state index in [-0.39, 0.29) is 5.91 Å². The summed E-state index contributed by atoms with van der Waals surface area (Å²) in [5, 5.41) is 5.92. The smallest absolute Gasteiger partial charge is 0.246 e. The fraction of sp³-hybridized carbons (Fsp3) is 0.235. The Kier molecular flexibility index (Phi) is 5.66. The molecule has 0 atom stereocenters. The first-order chi connectivity index (χ1) is 11.7. The highest BCUT2D eigenvalue weighted by Gasteiger charge is 2.15. The van der Waals surface area contributed by atoms with E-state index in [1.807, 2.05) is 35.7 Å². The Hall–Kier alpha value is -2.12. The molecule has 0 saturated heterocycles. The summed E-state index contributed by atoms with van der Waals surface area (Å²) >= 11 is 3.16. The molecule has 124 valence electrons. The van der Waals surface area contributed by atoms with E-state index < -0.39 is 0 Å². The average molecular weight is 359 g/mol. The maximum Gasteiger partial charge on any atom is 0.246 e. The standard InChI is InChI=1S/C17H17N3O2S2/c1-20(16(21)12-23-11-13-6-3-2-4-7-13)10-15-18-17(19-22-15)14-8-5-9-24-14/h2-9H,10-12H2,1H3. The minimum atomic E-state index is 0.0480. The predicted molar refractivity (Wildman–Crippen MR) is 96.7 cm³/mol. The Labute approximate surface area is 148 Å². The molecule has 1 amide bonds. The molecule has 0 aliphatic carbocycles. The van der Waals surface area contributed by atoms with E-state index in [0.717, 1.165) is 10.6 Å². The van der Waals surface area contributed by atoms with Crippen LogP contribution in [0.5, 0.6) is 0 Å². The van der Waals surface area contributed by atoms with Crippen LogP contribution in [0.2, 0.25) is 0 Å². The zero-order valence-corrected chi connectivity index (χ0v) is 14.8. The molecule has 0 aliphatic rings. The Morgan fingerprint density at radius 1 is 1.25 bits per heavy atom. The number of rotatable bonds is 7. The predicted octanol–water partition coefficient (Wildman–Crippen LogP) is 3.69. The van der Waals surface area contributed by atoms with Gasteiger partial charge in [-0.25, -0.2) is 0 Å². The van der Waals surface area contributed by atoms with Crippen molar-refractivity contribution < 1.29 is 9.32 Å². The Balaban J connectivity index is 1.47. The normalized spacial score (nSPS) is 10.7. The van der Waals surface area contributed by atoms with Gasteiger partial charge in [-0.2, -0.15) is 4.98 Å². The van der Waals surface area contributed by atoms with E-state index in [9.17, 15) is 4.79 Å². The van der Waals surface area contributed by atoms with Crippen LogP contribution in [0.25, 0.3) is 10.7 Å². The van der Waals surface area contributed by atoms with Crippen molar-refractivity contribution >= 4 is 29.0 Å². The van der Waals surface area contributed by atoms with Gasteiger partial charge in [-0.05, 0) is 17.0 Å². The molecule has 0 N–H and O–H groups in total. The Morgan fingerprint density at radius 3 is 2.83 bits per heavy atom. The van der Waals surface area contributed by atoms with Crippen LogP contribution < -0.4 is 0 Å². The van der Waals surface area contributed by atoms with E-state index in [2.05, 4.69) is 22.3 Å². The first kappa shape index (κ1) is 16.7. The molecule has 0 spiro atoms. The SMILES string of the molecule is CN(Cc1nc(-c2cccs2)no1)C(=O)CSCc1ccccc1. The van der Waals surface area contributed by atoms with Crippen LogP contribution in [0, 0.1) is 0 Å². The number of hydrogen-bond acceptors (Lipinski definition) is 6. The second kappa shape index (κ2) is 8.12. The van der Waals surface area contributed by atoms with Crippen molar-refractivity contribution in [3.8, 4) is 10.7 Å². The molecule has 0 unspecified atom stereocenters. The molecular formula is C17H17N3O2S2. The van der Waals surface area contributed by atoms with Crippen LogP contribution in [0.15, 0.2) is 52.4 Å². The maximum atomic E-state index is 12.2. The lowest BCUT2D eigenvalue weighted by Gasteiger charge is -2.14. The van der Waals surface area contributed by atoms with Crippen molar-refractivity contribution in [3.05, 3.63) is 59.3 Å². The third-order valence-electron chi connectivity index (χ3n) is 3.34. The van der Waals surface area contributed by atoms with Crippen LogP contribution >= 0.6 is 23.1 Å². The minimum Gasteiger partial charge on any atom is -0.337 e. The molecule has 2 aromatic heterocycles. The first-order valence-electron chi connectivity index (χ1n) is 7.44. The van der Waals surface area contributed by atoms with Gasteiger partial charge in [0, 0.05) is 12.8 Å². The number of benzene rings is 1.